The van der Waals surface area contributed by atoms with E-state index in [1.165, 1.54) is 0 Å². The summed E-state index contributed by atoms with van der Waals surface area (Å²) in [6.07, 6.45) is 1.54. The molecule has 0 aromatic heterocycles. The zero-order chi connectivity index (χ0) is 22.8. The predicted octanol–water partition coefficient (Wildman–Crippen LogP) is 3.45. The lowest BCUT2D eigenvalue weighted by Gasteiger charge is -2.22. The van der Waals surface area contributed by atoms with Gasteiger partial charge in [-0.3, -0.25) is 9.59 Å². The van der Waals surface area contributed by atoms with Gasteiger partial charge in [0.15, 0.2) is 0 Å². The maximum atomic E-state index is 12.6. The van der Waals surface area contributed by atoms with Gasteiger partial charge in [0.25, 0.3) is 11.8 Å². The molecule has 31 heavy (non-hydrogen) atoms. The number of ether oxygens (including phenoxy) is 1. The van der Waals surface area contributed by atoms with Crippen LogP contribution >= 0.6 is 0 Å². The fraction of sp³-hybridized carbons (Fsp3) is 0.375. The highest BCUT2D eigenvalue weighted by atomic mass is 16.5. The van der Waals surface area contributed by atoms with Gasteiger partial charge in [-0.25, -0.2) is 5.43 Å². The second-order valence-corrected chi connectivity index (χ2v) is 7.39. The summed E-state index contributed by atoms with van der Waals surface area (Å²) in [6.45, 7) is 9.73. The number of carbonyl (C=O) groups is 2. The number of amides is 2. The van der Waals surface area contributed by atoms with Crippen LogP contribution in [0.5, 0.6) is 5.75 Å². The molecule has 0 saturated carbocycles. The van der Waals surface area contributed by atoms with Crippen LogP contribution in [0.3, 0.4) is 0 Å². The zero-order valence-corrected chi connectivity index (χ0v) is 18.9. The number of nitrogens with one attached hydrogen (secondary N) is 2. The number of nitrogens with zero attached hydrogens (tertiary/aromatic N) is 2. The summed E-state index contributed by atoms with van der Waals surface area (Å²) in [6, 6.07) is 13.9. The molecule has 0 saturated heterocycles. The van der Waals surface area contributed by atoms with Crippen molar-refractivity contribution in [2.24, 2.45) is 11.0 Å². The van der Waals surface area contributed by atoms with Gasteiger partial charge in [0.1, 0.15) is 11.8 Å². The topological polar surface area (TPSA) is 83.0 Å². The molecule has 0 aliphatic heterocycles. The van der Waals surface area contributed by atoms with Crippen molar-refractivity contribution in [3.8, 4) is 5.75 Å². The van der Waals surface area contributed by atoms with Crippen molar-refractivity contribution in [3.63, 3.8) is 0 Å². The minimum atomic E-state index is -0.711. The van der Waals surface area contributed by atoms with Crippen molar-refractivity contribution in [3.05, 3.63) is 59.7 Å². The first-order valence-corrected chi connectivity index (χ1v) is 10.5. The molecule has 2 N–H and O–H groups in total. The third-order valence-electron chi connectivity index (χ3n) is 5.00. The minimum absolute atomic E-state index is 0.106. The molecular weight excluding hydrogens is 392 g/mol. The Morgan fingerprint density at radius 2 is 1.77 bits per heavy atom. The van der Waals surface area contributed by atoms with E-state index in [2.05, 4.69) is 34.6 Å². The highest BCUT2D eigenvalue weighted by Gasteiger charge is 2.24. The van der Waals surface area contributed by atoms with E-state index in [1.54, 1.807) is 37.6 Å². The van der Waals surface area contributed by atoms with E-state index >= 15 is 0 Å². The maximum absolute atomic E-state index is 12.6. The van der Waals surface area contributed by atoms with Crippen molar-refractivity contribution in [2.75, 3.05) is 25.1 Å². The Labute approximate surface area is 184 Å². The Hall–Kier alpha value is -3.35. The van der Waals surface area contributed by atoms with E-state index in [-0.39, 0.29) is 17.7 Å². The maximum Gasteiger partial charge on any atom is 0.262 e. The van der Waals surface area contributed by atoms with Crippen molar-refractivity contribution >= 4 is 23.7 Å². The van der Waals surface area contributed by atoms with E-state index in [4.69, 9.17) is 4.74 Å². The quantitative estimate of drug-likeness (QED) is 0.452. The molecule has 0 radical (unpaired) electrons. The average Bonchev–Trinajstić information content (AvgIpc) is 2.78. The molecule has 7 heteroatoms. The first kappa shape index (κ1) is 23.9. The molecule has 2 amide bonds. The predicted molar refractivity (Wildman–Crippen MR) is 125 cm³/mol. The van der Waals surface area contributed by atoms with Crippen LogP contribution in [0.15, 0.2) is 53.6 Å². The molecule has 166 valence electrons. The van der Waals surface area contributed by atoms with Gasteiger partial charge < -0.3 is 15.0 Å². The SMILES string of the molecule is CCN(CC)c1ccc(/C=N/NC(=O)C(NC(=O)c2ccccc2)C(C)C)c(OC)c1. The van der Waals surface area contributed by atoms with Gasteiger partial charge in [-0.1, -0.05) is 32.0 Å². The van der Waals surface area contributed by atoms with Gasteiger partial charge in [-0.2, -0.15) is 5.10 Å². The summed E-state index contributed by atoms with van der Waals surface area (Å²) in [5, 5.41) is 6.86. The van der Waals surface area contributed by atoms with Crippen LogP contribution in [0.2, 0.25) is 0 Å². The monoisotopic (exact) mass is 424 g/mol. The van der Waals surface area contributed by atoms with Gasteiger partial charge >= 0.3 is 0 Å². The number of hydrazone groups is 1. The Morgan fingerprint density at radius 1 is 1.10 bits per heavy atom. The number of methoxy groups -OCH3 is 1. The second-order valence-electron chi connectivity index (χ2n) is 7.39. The van der Waals surface area contributed by atoms with Crippen LogP contribution in [0.1, 0.15) is 43.6 Å². The van der Waals surface area contributed by atoms with Crippen molar-refractivity contribution in [1.82, 2.24) is 10.7 Å². The number of carbonyl (C=O) groups excluding carboxylic acids is 2. The molecule has 2 aromatic carbocycles. The summed E-state index contributed by atoms with van der Waals surface area (Å²) < 4.78 is 5.48. The largest absolute Gasteiger partial charge is 0.496 e. The van der Waals surface area contributed by atoms with Crippen molar-refractivity contribution in [1.29, 1.82) is 0 Å². The summed E-state index contributed by atoms with van der Waals surface area (Å²) in [5.41, 5.74) is 4.84. The van der Waals surface area contributed by atoms with Gasteiger partial charge in [0.05, 0.1) is 13.3 Å². The van der Waals surface area contributed by atoms with Crippen molar-refractivity contribution in [2.45, 2.75) is 33.7 Å². The molecule has 0 aliphatic rings. The standard InChI is InChI=1S/C24H32N4O3/c1-6-28(7-2)20-14-13-19(21(15-20)31-5)16-25-27-24(30)22(17(3)4)26-23(29)18-11-9-8-10-12-18/h8-17,22H,6-7H2,1-5H3,(H,26,29)(H,27,30)/b25-16+. The van der Waals surface area contributed by atoms with E-state index in [0.29, 0.717) is 11.3 Å². The molecule has 1 atom stereocenters. The van der Waals surface area contributed by atoms with E-state index in [1.807, 2.05) is 38.1 Å². The Balaban J connectivity index is 2.07. The summed E-state index contributed by atoms with van der Waals surface area (Å²) >= 11 is 0. The lowest BCUT2D eigenvalue weighted by atomic mass is 10.0. The van der Waals surface area contributed by atoms with Crippen LogP contribution in [-0.4, -0.2) is 44.3 Å². The van der Waals surface area contributed by atoms with Gasteiger partial charge in [-0.05, 0) is 44.0 Å². The first-order valence-electron chi connectivity index (χ1n) is 10.5. The number of anilines is 1. The van der Waals surface area contributed by atoms with Crippen LogP contribution in [0.25, 0.3) is 0 Å². The molecule has 0 spiro atoms. The van der Waals surface area contributed by atoms with Crippen molar-refractivity contribution < 1.29 is 14.3 Å². The molecule has 1 unspecified atom stereocenters. The number of hydrogen-bond donors (Lipinski definition) is 2. The lowest BCUT2D eigenvalue weighted by Crippen LogP contribution is -2.48. The van der Waals surface area contributed by atoms with Crippen LogP contribution in [0.4, 0.5) is 5.69 Å². The minimum Gasteiger partial charge on any atom is -0.496 e. The summed E-state index contributed by atoms with van der Waals surface area (Å²) in [5.74, 6) is -0.118. The molecule has 0 bridgehead atoms. The lowest BCUT2D eigenvalue weighted by molar-refractivity contribution is -0.123. The molecule has 0 fully saturated rings. The number of hydrogen-bond acceptors (Lipinski definition) is 5. The molecular formula is C24H32N4O3. The number of rotatable bonds is 10. The highest BCUT2D eigenvalue weighted by Crippen LogP contribution is 2.24. The van der Waals surface area contributed by atoms with Gasteiger partial charge in [0.2, 0.25) is 0 Å². The fourth-order valence-corrected chi connectivity index (χ4v) is 3.18. The second kappa shape index (κ2) is 11.7. The van der Waals surface area contributed by atoms with E-state index in [0.717, 1.165) is 24.3 Å². The van der Waals surface area contributed by atoms with Crippen LogP contribution < -0.4 is 20.4 Å². The van der Waals surface area contributed by atoms with Gasteiger partial charge in [0, 0.05) is 36.0 Å². The Bertz CT molecular complexity index is 893. The Kier molecular flexibility index (Phi) is 9.06. The smallest absolute Gasteiger partial charge is 0.262 e. The molecule has 0 aliphatic carbocycles. The third-order valence-corrected chi connectivity index (χ3v) is 5.00. The van der Waals surface area contributed by atoms with E-state index in [9.17, 15) is 9.59 Å². The fourth-order valence-electron chi connectivity index (χ4n) is 3.18. The third kappa shape index (κ3) is 6.57. The molecule has 0 heterocycles. The van der Waals surface area contributed by atoms with E-state index < -0.39 is 6.04 Å². The molecule has 2 aromatic rings. The Morgan fingerprint density at radius 3 is 2.35 bits per heavy atom. The summed E-state index contributed by atoms with van der Waals surface area (Å²) in [7, 11) is 1.60. The molecule has 2 rings (SSSR count). The highest BCUT2D eigenvalue weighted by molar-refractivity contribution is 5.97. The first-order chi connectivity index (χ1) is 14.9. The van der Waals surface area contributed by atoms with Gasteiger partial charge in [-0.15, -0.1) is 0 Å². The number of benzene rings is 2. The van der Waals surface area contributed by atoms with Crippen LogP contribution in [-0.2, 0) is 4.79 Å². The van der Waals surface area contributed by atoms with Crippen LogP contribution in [0, 0.1) is 5.92 Å². The molecule has 7 nitrogen and oxygen atoms in total. The average molecular weight is 425 g/mol. The normalized spacial score (nSPS) is 11.9. The summed E-state index contributed by atoms with van der Waals surface area (Å²) in [4.78, 5) is 27.3. The zero-order valence-electron chi connectivity index (χ0n) is 18.9.